The molecule has 10 heteroatoms. The van der Waals surface area contributed by atoms with Gasteiger partial charge in [0.15, 0.2) is 0 Å². The molecule has 1 aliphatic rings. The first-order valence-electron chi connectivity index (χ1n) is 8.41. The fourth-order valence-electron chi connectivity index (χ4n) is 3.23. The molecule has 0 unspecified atom stereocenters. The summed E-state index contributed by atoms with van der Waals surface area (Å²) >= 11 is 6.06. The van der Waals surface area contributed by atoms with Crippen molar-refractivity contribution in [3.63, 3.8) is 0 Å². The van der Waals surface area contributed by atoms with Gasteiger partial charge in [0.2, 0.25) is 0 Å². The molecule has 0 radical (unpaired) electrons. The summed E-state index contributed by atoms with van der Waals surface area (Å²) in [6.07, 6.45) is -1.77. The van der Waals surface area contributed by atoms with E-state index in [-0.39, 0.29) is 34.4 Å². The summed E-state index contributed by atoms with van der Waals surface area (Å²) in [6.45, 7) is 0.640. The van der Waals surface area contributed by atoms with Crippen LogP contribution in [0.1, 0.15) is 27.0 Å². The smallest absolute Gasteiger partial charge is 0.351 e. The molecular formula is C18H18ClF3N4O2. The minimum atomic E-state index is -4.52. The van der Waals surface area contributed by atoms with Crippen molar-refractivity contribution in [1.82, 2.24) is 14.5 Å². The standard InChI is InChI=1S/C18H18ClF3N4O2/c1-24(2)16(27)14-12-4-5-26(9-10(12)8-25(3)17(14)28)15-13(19)6-11(7-23-15)18(20,21)22/h6-8H,4-5,9H2,1-3H3. The highest BCUT2D eigenvalue weighted by atomic mass is 35.5. The number of nitrogens with zero attached hydrogens (tertiary/aromatic N) is 4. The molecular weight excluding hydrogens is 397 g/mol. The number of carbonyl (C=O) groups excluding carboxylic acids is 1. The zero-order valence-electron chi connectivity index (χ0n) is 15.5. The third-order valence-corrected chi connectivity index (χ3v) is 4.91. The van der Waals surface area contributed by atoms with Gasteiger partial charge in [-0.1, -0.05) is 11.6 Å². The molecule has 0 saturated carbocycles. The molecule has 2 aromatic rings. The number of aryl methyl sites for hydroxylation is 1. The molecule has 28 heavy (non-hydrogen) atoms. The fourth-order valence-corrected chi connectivity index (χ4v) is 3.52. The van der Waals surface area contributed by atoms with Crippen LogP contribution in [0.5, 0.6) is 0 Å². The van der Waals surface area contributed by atoms with E-state index in [1.165, 1.54) is 9.47 Å². The Morgan fingerprint density at radius 1 is 1.32 bits per heavy atom. The van der Waals surface area contributed by atoms with Crippen molar-refractivity contribution in [2.75, 3.05) is 25.5 Å². The highest BCUT2D eigenvalue weighted by Crippen LogP contribution is 2.35. The normalized spacial score (nSPS) is 14.0. The number of anilines is 1. The highest BCUT2D eigenvalue weighted by Gasteiger charge is 2.33. The van der Waals surface area contributed by atoms with Gasteiger partial charge in [-0.15, -0.1) is 0 Å². The van der Waals surface area contributed by atoms with E-state index in [4.69, 9.17) is 11.6 Å². The monoisotopic (exact) mass is 414 g/mol. The average Bonchev–Trinajstić information content (AvgIpc) is 2.61. The lowest BCUT2D eigenvalue weighted by Gasteiger charge is -2.32. The third-order valence-electron chi connectivity index (χ3n) is 4.63. The van der Waals surface area contributed by atoms with Gasteiger partial charge >= 0.3 is 6.18 Å². The van der Waals surface area contributed by atoms with Crippen LogP contribution in [0.15, 0.2) is 23.3 Å². The first kappa shape index (κ1) is 20.2. The summed E-state index contributed by atoms with van der Waals surface area (Å²) < 4.78 is 39.8. The molecule has 1 aliphatic heterocycles. The number of aromatic nitrogens is 2. The summed E-state index contributed by atoms with van der Waals surface area (Å²) in [7, 11) is 4.70. The van der Waals surface area contributed by atoms with Gasteiger partial charge in [0.05, 0.1) is 10.6 Å². The summed E-state index contributed by atoms with van der Waals surface area (Å²) in [6, 6.07) is 0.848. The van der Waals surface area contributed by atoms with Gasteiger partial charge < -0.3 is 14.4 Å². The maximum absolute atomic E-state index is 12.8. The summed E-state index contributed by atoms with van der Waals surface area (Å²) in [4.78, 5) is 31.9. The number of amides is 1. The molecule has 0 aliphatic carbocycles. The summed E-state index contributed by atoms with van der Waals surface area (Å²) in [5, 5.41) is -0.104. The Morgan fingerprint density at radius 3 is 2.57 bits per heavy atom. The van der Waals surface area contributed by atoms with E-state index in [9.17, 15) is 22.8 Å². The van der Waals surface area contributed by atoms with Gasteiger partial charge in [0, 0.05) is 46.6 Å². The van der Waals surface area contributed by atoms with Crippen LogP contribution in [0.4, 0.5) is 19.0 Å². The largest absolute Gasteiger partial charge is 0.417 e. The Kier molecular flexibility index (Phi) is 5.14. The van der Waals surface area contributed by atoms with E-state index in [2.05, 4.69) is 4.98 Å². The number of alkyl halides is 3. The Bertz CT molecular complexity index is 1000. The van der Waals surface area contributed by atoms with Crippen LogP contribution in [0, 0.1) is 0 Å². The second-order valence-corrected chi connectivity index (χ2v) is 7.23. The van der Waals surface area contributed by atoms with E-state index >= 15 is 0 Å². The van der Waals surface area contributed by atoms with Crippen molar-refractivity contribution in [2.24, 2.45) is 7.05 Å². The maximum atomic E-state index is 12.8. The number of hydrogen-bond donors (Lipinski definition) is 0. The molecule has 0 fully saturated rings. The summed E-state index contributed by atoms with van der Waals surface area (Å²) in [5.41, 5.74) is 0.213. The van der Waals surface area contributed by atoms with Crippen LogP contribution >= 0.6 is 11.6 Å². The number of rotatable bonds is 2. The predicted molar refractivity (Wildman–Crippen MR) is 98.7 cm³/mol. The third kappa shape index (κ3) is 3.58. The van der Waals surface area contributed by atoms with E-state index in [1.54, 1.807) is 32.2 Å². The Labute approximate surface area is 164 Å². The number of halogens is 4. The zero-order chi connectivity index (χ0) is 20.8. The molecule has 150 valence electrons. The maximum Gasteiger partial charge on any atom is 0.417 e. The van der Waals surface area contributed by atoms with Crippen LogP contribution in [-0.4, -0.2) is 41.0 Å². The SMILES string of the molecule is CN(C)C(=O)c1c2c(cn(C)c1=O)CN(c1ncc(C(F)(F)F)cc1Cl)CC2. The van der Waals surface area contributed by atoms with Crippen LogP contribution in [0.3, 0.4) is 0 Å². The second kappa shape index (κ2) is 7.12. The minimum absolute atomic E-state index is 0.104. The lowest BCUT2D eigenvalue weighted by Crippen LogP contribution is -2.39. The topological polar surface area (TPSA) is 58.4 Å². The zero-order valence-corrected chi connectivity index (χ0v) is 16.2. The molecule has 3 rings (SSSR count). The van der Waals surface area contributed by atoms with Gasteiger partial charge in [-0.3, -0.25) is 9.59 Å². The van der Waals surface area contributed by atoms with Crippen molar-refractivity contribution >= 4 is 23.3 Å². The molecule has 6 nitrogen and oxygen atoms in total. The Hall–Kier alpha value is -2.55. The lowest BCUT2D eigenvalue weighted by molar-refractivity contribution is -0.137. The minimum Gasteiger partial charge on any atom is -0.351 e. The van der Waals surface area contributed by atoms with Crippen molar-refractivity contribution < 1.29 is 18.0 Å². The fraction of sp³-hybridized carbons (Fsp3) is 0.389. The van der Waals surface area contributed by atoms with Crippen LogP contribution in [0.25, 0.3) is 0 Å². The van der Waals surface area contributed by atoms with Gasteiger partial charge in [-0.25, -0.2) is 4.98 Å². The van der Waals surface area contributed by atoms with E-state index in [1.807, 2.05) is 0 Å². The molecule has 3 heterocycles. The number of carbonyl (C=O) groups is 1. The van der Waals surface area contributed by atoms with Gasteiger partial charge in [0.1, 0.15) is 11.4 Å². The first-order chi connectivity index (χ1) is 13.0. The van der Waals surface area contributed by atoms with E-state index in [0.29, 0.717) is 18.5 Å². The van der Waals surface area contributed by atoms with Crippen molar-refractivity contribution in [2.45, 2.75) is 19.1 Å². The number of pyridine rings is 2. The average molecular weight is 415 g/mol. The van der Waals surface area contributed by atoms with Crippen molar-refractivity contribution in [1.29, 1.82) is 0 Å². The molecule has 0 aromatic carbocycles. The van der Waals surface area contributed by atoms with E-state index in [0.717, 1.165) is 17.8 Å². The van der Waals surface area contributed by atoms with Crippen LogP contribution < -0.4 is 10.5 Å². The second-order valence-electron chi connectivity index (χ2n) is 6.82. The molecule has 1 amide bonds. The number of fused-ring (bicyclic) bond motifs is 1. The van der Waals surface area contributed by atoms with Gasteiger partial charge in [-0.2, -0.15) is 13.2 Å². The highest BCUT2D eigenvalue weighted by molar-refractivity contribution is 6.33. The number of hydrogen-bond acceptors (Lipinski definition) is 4. The molecule has 0 bridgehead atoms. The molecule has 2 aromatic heterocycles. The lowest BCUT2D eigenvalue weighted by atomic mass is 9.96. The Balaban J connectivity index is 2.00. The van der Waals surface area contributed by atoms with Gasteiger partial charge in [0.25, 0.3) is 11.5 Å². The predicted octanol–water partition coefficient (Wildman–Crippen LogP) is 2.72. The van der Waals surface area contributed by atoms with Gasteiger partial charge in [-0.05, 0) is 23.6 Å². The van der Waals surface area contributed by atoms with Crippen molar-refractivity contribution in [3.8, 4) is 0 Å². The molecule has 0 spiro atoms. The Morgan fingerprint density at radius 2 is 2.00 bits per heavy atom. The van der Waals surface area contributed by atoms with E-state index < -0.39 is 11.7 Å². The molecule has 0 saturated heterocycles. The quantitative estimate of drug-likeness (QED) is 0.758. The van der Waals surface area contributed by atoms with Crippen LogP contribution in [-0.2, 0) is 26.2 Å². The first-order valence-corrected chi connectivity index (χ1v) is 8.79. The molecule has 0 N–H and O–H groups in total. The molecule has 0 atom stereocenters. The van der Waals surface area contributed by atoms with Crippen molar-refractivity contribution in [3.05, 3.63) is 56.1 Å². The van der Waals surface area contributed by atoms with Crippen LogP contribution in [0.2, 0.25) is 5.02 Å². The summed E-state index contributed by atoms with van der Waals surface area (Å²) in [5.74, 6) is -0.147.